The second-order valence-electron chi connectivity index (χ2n) is 6.86. The molecular formula is C17H26BrClN2O2. The number of hydrogen-bond acceptors (Lipinski definition) is 3. The number of hydrogen-bond donors (Lipinski definition) is 2. The summed E-state index contributed by atoms with van der Waals surface area (Å²) in [6, 6.07) is 5.71. The Morgan fingerprint density at radius 1 is 1.35 bits per heavy atom. The first-order chi connectivity index (χ1) is 10.6. The van der Waals surface area contributed by atoms with Crippen LogP contribution in [0.1, 0.15) is 40.2 Å². The first-order valence-corrected chi connectivity index (χ1v) is 8.89. The van der Waals surface area contributed by atoms with Gasteiger partial charge < -0.3 is 15.4 Å². The minimum atomic E-state index is -0.493. The maximum Gasteiger partial charge on any atom is 0.407 e. The van der Waals surface area contributed by atoms with E-state index in [0.717, 1.165) is 10.0 Å². The molecule has 0 fully saturated rings. The number of carbonyl (C=O) groups excluding carboxylic acids is 1. The minimum absolute atomic E-state index is 0.00377. The number of halogens is 2. The molecule has 1 aromatic carbocycles. The third-order valence-corrected chi connectivity index (χ3v) is 4.17. The molecule has 0 bridgehead atoms. The van der Waals surface area contributed by atoms with Crippen LogP contribution in [0.5, 0.6) is 0 Å². The highest BCUT2D eigenvalue weighted by Gasteiger charge is 2.21. The van der Waals surface area contributed by atoms with Crippen LogP contribution in [0.25, 0.3) is 0 Å². The first kappa shape index (κ1) is 20.3. The van der Waals surface area contributed by atoms with Gasteiger partial charge in [0.05, 0.1) is 0 Å². The van der Waals surface area contributed by atoms with Gasteiger partial charge in [-0.2, -0.15) is 0 Å². The van der Waals surface area contributed by atoms with E-state index in [1.807, 2.05) is 39.0 Å². The number of rotatable bonds is 6. The predicted molar refractivity (Wildman–Crippen MR) is 98.9 cm³/mol. The molecule has 4 nitrogen and oxygen atoms in total. The van der Waals surface area contributed by atoms with Crippen molar-refractivity contribution >= 4 is 33.6 Å². The maximum atomic E-state index is 11.9. The third kappa shape index (κ3) is 8.04. The van der Waals surface area contributed by atoms with Crippen molar-refractivity contribution in [2.45, 2.75) is 52.8 Å². The number of nitrogens with one attached hydrogen (secondary N) is 2. The predicted octanol–water partition coefficient (Wildman–Crippen LogP) is 4.74. The number of benzene rings is 1. The summed E-state index contributed by atoms with van der Waals surface area (Å²) in [5, 5.41) is 7.00. The summed E-state index contributed by atoms with van der Waals surface area (Å²) >= 11 is 9.44. The summed E-state index contributed by atoms with van der Waals surface area (Å²) in [6.07, 6.45) is -0.384. The van der Waals surface area contributed by atoms with Crippen LogP contribution in [0.3, 0.4) is 0 Å². The highest BCUT2D eigenvalue weighted by atomic mass is 79.9. The topological polar surface area (TPSA) is 50.4 Å². The first-order valence-electron chi connectivity index (χ1n) is 7.72. The van der Waals surface area contributed by atoms with Crippen molar-refractivity contribution in [2.24, 2.45) is 5.92 Å². The quantitative estimate of drug-likeness (QED) is 0.718. The molecule has 0 heterocycles. The van der Waals surface area contributed by atoms with E-state index in [2.05, 4.69) is 40.4 Å². The van der Waals surface area contributed by atoms with Gasteiger partial charge in [-0.15, -0.1) is 0 Å². The summed E-state index contributed by atoms with van der Waals surface area (Å²) in [5.41, 5.74) is 0.627. The Balaban J connectivity index is 2.52. The molecule has 0 spiro atoms. The summed E-state index contributed by atoms with van der Waals surface area (Å²) in [4.78, 5) is 11.9. The summed E-state index contributed by atoms with van der Waals surface area (Å²) in [7, 11) is 0. The highest BCUT2D eigenvalue weighted by molar-refractivity contribution is 9.10. The van der Waals surface area contributed by atoms with Crippen molar-refractivity contribution in [3.05, 3.63) is 33.3 Å². The van der Waals surface area contributed by atoms with Gasteiger partial charge >= 0.3 is 6.09 Å². The molecule has 1 aromatic rings. The smallest absolute Gasteiger partial charge is 0.407 e. The molecule has 0 aromatic heterocycles. The van der Waals surface area contributed by atoms with Crippen LogP contribution in [0.2, 0.25) is 5.02 Å². The Hall–Kier alpha value is -0.780. The minimum Gasteiger partial charge on any atom is -0.444 e. The van der Waals surface area contributed by atoms with Crippen LogP contribution in [0.15, 0.2) is 22.7 Å². The van der Waals surface area contributed by atoms with E-state index >= 15 is 0 Å². The zero-order valence-corrected chi connectivity index (χ0v) is 16.7. The van der Waals surface area contributed by atoms with Gasteiger partial charge in [-0.25, -0.2) is 4.79 Å². The number of ether oxygens (including phenoxy) is 1. The Bertz CT molecular complexity index is 530. The maximum absolute atomic E-state index is 11.9. The second kappa shape index (κ2) is 8.90. The van der Waals surface area contributed by atoms with Gasteiger partial charge in [0.15, 0.2) is 0 Å². The van der Waals surface area contributed by atoms with E-state index in [9.17, 15) is 4.79 Å². The fraction of sp³-hybridized carbons (Fsp3) is 0.588. The molecule has 0 aliphatic rings. The van der Waals surface area contributed by atoms with E-state index in [1.165, 1.54) is 0 Å². The zero-order valence-electron chi connectivity index (χ0n) is 14.4. The largest absolute Gasteiger partial charge is 0.444 e. The molecule has 1 rings (SSSR count). The standard InChI is InChI=1S/C17H26BrClN2O2/c1-11(2)15(21-16(22)23-17(3,4)5)10-20-9-12-6-7-13(19)8-14(12)18/h6-8,11,15,20H,9-10H2,1-5H3,(H,21,22). The molecule has 130 valence electrons. The lowest BCUT2D eigenvalue weighted by Crippen LogP contribution is -2.46. The molecular weight excluding hydrogens is 380 g/mol. The second-order valence-corrected chi connectivity index (χ2v) is 8.15. The van der Waals surface area contributed by atoms with Crippen molar-refractivity contribution < 1.29 is 9.53 Å². The lowest BCUT2D eigenvalue weighted by molar-refractivity contribution is 0.0490. The van der Waals surface area contributed by atoms with E-state index in [1.54, 1.807) is 0 Å². The molecule has 6 heteroatoms. The summed E-state index contributed by atoms with van der Waals surface area (Å²) in [5.74, 6) is 0.295. The number of carbonyl (C=O) groups is 1. The number of alkyl carbamates (subject to hydrolysis) is 1. The molecule has 2 N–H and O–H groups in total. The van der Waals surface area contributed by atoms with Gasteiger partial charge in [0.1, 0.15) is 5.60 Å². The fourth-order valence-electron chi connectivity index (χ4n) is 1.94. The van der Waals surface area contributed by atoms with Crippen LogP contribution in [0, 0.1) is 5.92 Å². The van der Waals surface area contributed by atoms with E-state index in [0.29, 0.717) is 24.0 Å². The van der Waals surface area contributed by atoms with Crippen LogP contribution in [-0.4, -0.2) is 24.3 Å². The van der Waals surface area contributed by atoms with Crippen molar-refractivity contribution in [1.29, 1.82) is 0 Å². The molecule has 0 radical (unpaired) electrons. The van der Waals surface area contributed by atoms with Crippen molar-refractivity contribution in [3.8, 4) is 0 Å². The lowest BCUT2D eigenvalue weighted by atomic mass is 10.0. The third-order valence-electron chi connectivity index (χ3n) is 3.20. The average Bonchev–Trinajstić information content (AvgIpc) is 2.37. The lowest BCUT2D eigenvalue weighted by Gasteiger charge is -2.26. The normalized spacial score (nSPS) is 13.0. The zero-order chi connectivity index (χ0) is 17.6. The summed E-state index contributed by atoms with van der Waals surface area (Å²) < 4.78 is 6.29. The molecule has 0 saturated carbocycles. The van der Waals surface area contributed by atoms with Gasteiger partial charge in [0.2, 0.25) is 0 Å². The SMILES string of the molecule is CC(C)C(CNCc1ccc(Cl)cc1Br)NC(=O)OC(C)(C)C. The van der Waals surface area contributed by atoms with Crippen molar-refractivity contribution in [1.82, 2.24) is 10.6 Å². The fourth-order valence-corrected chi connectivity index (χ4v) is 2.76. The van der Waals surface area contributed by atoms with E-state index < -0.39 is 5.60 Å². The van der Waals surface area contributed by atoms with Crippen LogP contribution in [0.4, 0.5) is 4.79 Å². The Morgan fingerprint density at radius 3 is 2.52 bits per heavy atom. The Kier molecular flexibility index (Phi) is 7.84. The van der Waals surface area contributed by atoms with Gasteiger partial charge in [-0.05, 0) is 44.4 Å². The van der Waals surface area contributed by atoms with Gasteiger partial charge in [-0.1, -0.05) is 47.4 Å². The Morgan fingerprint density at radius 2 is 2.00 bits per heavy atom. The number of amides is 1. The molecule has 0 saturated heterocycles. The average molecular weight is 406 g/mol. The molecule has 1 unspecified atom stereocenters. The van der Waals surface area contributed by atoms with Gasteiger partial charge in [0, 0.05) is 28.6 Å². The molecule has 23 heavy (non-hydrogen) atoms. The monoisotopic (exact) mass is 404 g/mol. The van der Waals surface area contributed by atoms with Gasteiger partial charge in [-0.3, -0.25) is 0 Å². The Labute approximate surface area is 152 Å². The highest BCUT2D eigenvalue weighted by Crippen LogP contribution is 2.21. The molecule has 1 atom stereocenters. The van der Waals surface area contributed by atoms with Crippen LogP contribution in [-0.2, 0) is 11.3 Å². The molecule has 1 amide bonds. The summed E-state index contributed by atoms with van der Waals surface area (Å²) in [6.45, 7) is 11.1. The molecule has 0 aliphatic heterocycles. The van der Waals surface area contributed by atoms with Crippen molar-refractivity contribution in [2.75, 3.05) is 6.54 Å². The van der Waals surface area contributed by atoms with Gasteiger partial charge in [0.25, 0.3) is 0 Å². The van der Waals surface area contributed by atoms with E-state index in [4.69, 9.17) is 16.3 Å². The van der Waals surface area contributed by atoms with Crippen molar-refractivity contribution in [3.63, 3.8) is 0 Å². The van der Waals surface area contributed by atoms with E-state index in [-0.39, 0.29) is 12.1 Å². The van der Waals surface area contributed by atoms with Crippen LogP contribution >= 0.6 is 27.5 Å². The molecule has 0 aliphatic carbocycles. The van der Waals surface area contributed by atoms with Crippen LogP contribution < -0.4 is 10.6 Å².